The van der Waals surface area contributed by atoms with Gasteiger partial charge in [0, 0.05) is 30.5 Å². The quantitative estimate of drug-likeness (QED) is 0.721. The number of hydrogen-bond donors (Lipinski definition) is 1. The van der Waals surface area contributed by atoms with Crippen LogP contribution in [0.1, 0.15) is 32.3 Å². The van der Waals surface area contributed by atoms with Gasteiger partial charge in [0.1, 0.15) is 23.2 Å². The first-order chi connectivity index (χ1) is 16.1. The number of amides is 1. The standard InChI is InChI=1S/C25H27N5O4/c1-24(2,3)34-23(31)30-9-8-16-18(11-26)22(29)25(13-27,14-28)21(19(16)12-30)17-10-15(32-4)6-7-20(17)33-5/h6-8,10,19,21H,9,12,29H2,1-5H3/t19-,21+/m0/s1. The number of ether oxygens (including phenoxy) is 3. The SMILES string of the molecule is COc1ccc(OC)c([C@@H]2[C@H]3CN(C(=O)OC(C)(C)C)CC=C3C(C#N)=C(N)C2(C#N)C#N)c1. The molecule has 176 valence electrons. The Bertz CT molecular complexity index is 1180. The predicted molar refractivity (Wildman–Crippen MR) is 122 cm³/mol. The molecule has 2 N–H and O–H groups in total. The van der Waals surface area contributed by atoms with Gasteiger partial charge in [-0.05, 0) is 44.5 Å². The molecule has 0 fully saturated rings. The summed E-state index contributed by atoms with van der Waals surface area (Å²) in [4.78, 5) is 14.4. The number of nitrogens with zero attached hydrogens (tertiary/aromatic N) is 4. The lowest BCUT2D eigenvalue weighted by Gasteiger charge is -2.45. The number of fused-ring (bicyclic) bond motifs is 1. The minimum absolute atomic E-state index is 0.0926. The van der Waals surface area contributed by atoms with E-state index < -0.39 is 28.9 Å². The van der Waals surface area contributed by atoms with E-state index in [1.54, 1.807) is 45.0 Å². The average molecular weight is 462 g/mol. The summed E-state index contributed by atoms with van der Waals surface area (Å²) in [7, 11) is 2.99. The summed E-state index contributed by atoms with van der Waals surface area (Å²) in [5, 5.41) is 30.4. The molecule has 0 saturated carbocycles. The molecule has 9 nitrogen and oxygen atoms in total. The van der Waals surface area contributed by atoms with Gasteiger partial charge in [-0.3, -0.25) is 0 Å². The zero-order chi connectivity index (χ0) is 25.3. The molecule has 0 bridgehead atoms. The molecule has 1 aliphatic carbocycles. The number of hydrogen-bond acceptors (Lipinski definition) is 8. The summed E-state index contributed by atoms with van der Waals surface area (Å²) < 4.78 is 16.5. The Labute approximate surface area is 199 Å². The fourth-order valence-corrected chi connectivity index (χ4v) is 4.58. The second kappa shape index (κ2) is 9.00. The van der Waals surface area contributed by atoms with Crippen LogP contribution >= 0.6 is 0 Å². The minimum Gasteiger partial charge on any atom is -0.497 e. The summed E-state index contributed by atoms with van der Waals surface area (Å²) >= 11 is 0. The molecule has 1 heterocycles. The second-order valence-corrected chi connectivity index (χ2v) is 9.17. The Morgan fingerprint density at radius 1 is 1.18 bits per heavy atom. The van der Waals surface area contributed by atoms with Crippen LogP contribution in [0.2, 0.25) is 0 Å². The number of carbonyl (C=O) groups is 1. The molecule has 34 heavy (non-hydrogen) atoms. The molecule has 1 aromatic carbocycles. The molecule has 2 aliphatic rings. The Balaban J connectivity index is 2.27. The van der Waals surface area contributed by atoms with Gasteiger partial charge in [0.25, 0.3) is 0 Å². The smallest absolute Gasteiger partial charge is 0.410 e. The summed E-state index contributed by atoms with van der Waals surface area (Å²) in [5.74, 6) is -0.508. The minimum atomic E-state index is -1.87. The Morgan fingerprint density at radius 3 is 2.38 bits per heavy atom. The predicted octanol–water partition coefficient (Wildman–Crippen LogP) is 3.36. The number of nitrogens with two attached hydrogens (primary N) is 1. The highest BCUT2D eigenvalue weighted by Crippen LogP contribution is 2.56. The third-order valence-electron chi connectivity index (χ3n) is 6.09. The van der Waals surface area contributed by atoms with Crippen LogP contribution in [0.4, 0.5) is 4.79 Å². The molecule has 0 aromatic heterocycles. The van der Waals surface area contributed by atoms with Crippen LogP contribution in [0, 0.1) is 45.3 Å². The Kier molecular flexibility index (Phi) is 6.48. The maximum absolute atomic E-state index is 12.9. The molecular formula is C25H27N5O4. The first kappa shape index (κ1) is 24.5. The van der Waals surface area contributed by atoms with Gasteiger partial charge in [-0.15, -0.1) is 0 Å². The maximum atomic E-state index is 12.9. The summed E-state index contributed by atoms with van der Waals surface area (Å²) in [5.41, 5.74) is 4.88. The molecule has 1 aliphatic heterocycles. The van der Waals surface area contributed by atoms with E-state index in [2.05, 4.69) is 18.2 Å². The molecule has 2 atom stereocenters. The topological polar surface area (TPSA) is 145 Å². The first-order valence-corrected chi connectivity index (χ1v) is 10.7. The molecular weight excluding hydrogens is 434 g/mol. The highest BCUT2D eigenvalue weighted by molar-refractivity contribution is 5.70. The van der Waals surface area contributed by atoms with E-state index >= 15 is 0 Å². The van der Waals surface area contributed by atoms with Gasteiger partial charge in [0.2, 0.25) is 0 Å². The van der Waals surface area contributed by atoms with Gasteiger partial charge in [-0.2, -0.15) is 15.8 Å². The first-order valence-electron chi connectivity index (χ1n) is 10.7. The molecule has 0 radical (unpaired) electrons. The van der Waals surface area contributed by atoms with Crippen molar-refractivity contribution in [1.29, 1.82) is 15.8 Å². The Morgan fingerprint density at radius 2 is 1.85 bits per heavy atom. The third-order valence-corrected chi connectivity index (χ3v) is 6.09. The van der Waals surface area contributed by atoms with Crippen molar-refractivity contribution in [2.45, 2.75) is 32.3 Å². The van der Waals surface area contributed by atoms with Gasteiger partial charge in [0.15, 0.2) is 5.41 Å². The van der Waals surface area contributed by atoms with Crippen LogP contribution in [-0.4, -0.2) is 43.9 Å². The zero-order valence-electron chi connectivity index (χ0n) is 19.9. The summed E-state index contributed by atoms with van der Waals surface area (Å²) in [6.07, 6.45) is 1.21. The molecule has 0 spiro atoms. The lowest BCUT2D eigenvalue weighted by atomic mass is 9.58. The van der Waals surface area contributed by atoms with Crippen molar-refractivity contribution in [1.82, 2.24) is 4.90 Å². The van der Waals surface area contributed by atoms with Gasteiger partial charge < -0.3 is 24.8 Å². The van der Waals surface area contributed by atoms with Crippen LogP contribution < -0.4 is 15.2 Å². The van der Waals surface area contributed by atoms with Crippen molar-refractivity contribution in [3.63, 3.8) is 0 Å². The van der Waals surface area contributed by atoms with E-state index in [1.807, 2.05) is 0 Å². The van der Waals surface area contributed by atoms with Crippen molar-refractivity contribution in [3.8, 4) is 29.7 Å². The van der Waals surface area contributed by atoms with E-state index in [0.717, 1.165) is 0 Å². The molecule has 9 heteroatoms. The van der Waals surface area contributed by atoms with Crippen LogP contribution in [0.3, 0.4) is 0 Å². The second-order valence-electron chi connectivity index (χ2n) is 9.17. The van der Waals surface area contributed by atoms with Gasteiger partial charge in [-0.1, -0.05) is 6.08 Å². The largest absolute Gasteiger partial charge is 0.497 e. The molecule has 0 saturated heterocycles. The van der Waals surface area contributed by atoms with Crippen molar-refractivity contribution < 1.29 is 19.0 Å². The van der Waals surface area contributed by atoms with Crippen LogP contribution in [0.25, 0.3) is 0 Å². The summed E-state index contributed by atoms with van der Waals surface area (Å²) in [6.45, 7) is 5.64. The lowest BCUT2D eigenvalue weighted by Crippen LogP contribution is -2.50. The van der Waals surface area contributed by atoms with Crippen LogP contribution in [0.15, 0.2) is 41.1 Å². The van der Waals surface area contributed by atoms with Crippen LogP contribution in [0.5, 0.6) is 11.5 Å². The normalized spacial score (nSPS) is 21.2. The van der Waals surface area contributed by atoms with E-state index in [4.69, 9.17) is 19.9 Å². The third kappa shape index (κ3) is 4.00. The highest BCUT2D eigenvalue weighted by atomic mass is 16.6. The lowest BCUT2D eigenvalue weighted by molar-refractivity contribution is 0.0224. The number of methoxy groups -OCH3 is 2. The number of benzene rings is 1. The Hall–Kier alpha value is -4.16. The highest BCUT2D eigenvalue weighted by Gasteiger charge is 2.55. The van der Waals surface area contributed by atoms with Gasteiger partial charge in [0.05, 0.1) is 37.6 Å². The zero-order valence-corrected chi connectivity index (χ0v) is 19.9. The number of rotatable bonds is 3. The van der Waals surface area contributed by atoms with Crippen molar-refractivity contribution in [2.24, 2.45) is 17.1 Å². The van der Waals surface area contributed by atoms with E-state index in [1.165, 1.54) is 19.1 Å². The van der Waals surface area contributed by atoms with Gasteiger partial charge in [-0.25, -0.2) is 4.79 Å². The van der Waals surface area contributed by atoms with E-state index in [-0.39, 0.29) is 24.4 Å². The molecule has 1 amide bonds. The van der Waals surface area contributed by atoms with Crippen molar-refractivity contribution >= 4 is 6.09 Å². The fraction of sp³-hybridized carbons (Fsp3) is 0.440. The number of carbonyl (C=O) groups excluding carboxylic acids is 1. The number of nitriles is 3. The molecule has 3 rings (SSSR count). The van der Waals surface area contributed by atoms with E-state index in [0.29, 0.717) is 22.6 Å². The van der Waals surface area contributed by atoms with Gasteiger partial charge >= 0.3 is 6.09 Å². The average Bonchev–Trinajstić information content (AvgIpc) is 2.81. The monoisotopic (exact) mass is 461 g/mol. The maximum Gasteiger partial charge on any atom is 0.410 e. The fourth-order valence-electron chi connectivity index (χ4n) is 4.58. The van der Waals surface area contributed by atoms with Crippen molar-refractivity contribution in [2.75, 3.05) is 27.3 Å². The molecule has 0 unspecified atom stereocenters. The molecule has 1 aromatic rings. The van der Waals surface area contributed by atoms with Crippen LogP contribution in [-0.2, 0) is 4.74 Å². The van der Waals surface area contributed by atoms with E-state index in [9.17, 15) is 20.6 Å². The summed E-state index contributed by atoms with van der Waals surface area (Å²) in [6, 6.07) is 11.3. The van der Waals surface area contributed by atoms with Crippen molar-refractivity contribution in [3.05, 3.63) is 46.7 Å². The number of allylic oxidation sites excluding steroid dienone is 2.